The van der Waals surface area contributed by atoms with Crippen LogP contribution in [0.25, 0.3) is 0 Å². The molecular formula is C28H49NOS. The van der Waals surface area contributed by atoms with Crippen LogP contribution in [0, 0.1) is 0 Å². The first kappa shape index (κ1) is 29.7. The van der Waals surface area contributed by atoms with Crippen molar-refractivity contribution in [2.45, 2.75) is 112 Å². The number of allylic oxidation sites excluding steroid dienone is 7. The molecule has 1 N–H and O–H groups in total. The fourth-order valence-electron chi connectivity index (χ4n) is 3.22. The predicted molar refractivity (Wildman–Crippen MR) is 144 cm³/mol. The van der Waals surface area contributed by atoms with E-state index in [1.165, 1.54) is 73.7 Å². The molecule has 0 unspecified atom stereocenters. The van der Waals surface area contributed by atoms with Gasteiger partial charge in [0.05, 0.1) is 0 Å². The average molecular weight is 448 g/mol. The van der Waals surface area contributed by atoms with Crippen molar-refractivity contribution < 1.29 is 4.74 Å². The van der Waals surface area contributed by atoms with Gasteiger partial charge in [-0.25, -0.2) is 0 Å². The van der Waals surface area contributed by atoms with Gasteiger partial charge in [-0.1, -0.05) is 66.7 Å². The maximum Gasteiger partial charge on any atom is 0.256 e. The number of rotatable bonds is 17. The van der Waals surface area contributed by atoms with Crippen LogP contribution in [0.5, 0.6) is 0 Å². The molecule has 0 saturated heterocycles. The topological polar surface area (TPSA) is 21.3 Å². The zero-order chi connectivity index (χ0) is 23.3. The monoisotopic (exact) mass is 447 g/mol. The Labute approximate surface area is 199 Å². The molecule has 0 radical (unpaired) electrons. The Morgan fingerprint density at radius 3 is 2.00 bits per heavy atom. The van der Waals surface area contributed by atoms with Gasteiger partial charge in [-0.2, -0.15) is 0 Å². The lowest BCUT2D eigenvalue weighted by Gasteiger charge is -2.08. The third kappa shape index (κ3) is 21.7. The third-order valence-corrected chi connectivity index (χ3v) is 5.60. The number of thiocarbonyl (C=S) groups is 1. The number of ether oxygens (including phenoxy) is 1. The molecule has 0 atom stereocenters. The molecular weight excluding hydrogens is 398 g/mol. The van der Waals surface area contributed by atoms with Crippen LogP contribution < -0.4 is 5.32 Å². The maximum atomic E-state index is 5.59. The number of hydrogen-bond acceptors (Lipinski definition) is 2. The van der Waals surface area contributed by atoms with E-state index in [0.717, 1.165) is 25.8 Å². The van der Waals surface area contributed by atoms with E-state index in [2.05, 4.69) is 71.2 Å². The van der Waals surface area contributed by atoms with Crippen LogP contribution in [0.1, 0.15) is 112 Å². The van der Waals surface area contributed by atoms with Crippen molar-refractivity contribution in [3.8, 4) is 0 Å². The molecule has 0 aliphatic carbocycles. The van der Waals surface area contributed by atoms with E-state index in [9.17, 15) is 0 Å². The highest BCUT2D eigenvalue weighted by Crippen LogP contribution is 2.14. The molecule has 0 aliphatic heterocycles. The summed E-state index contributed by atoms with van der Waals surface area (Å²) in [5.74, 6) is 0. The summed E-state index contributed by atoms with van der Waals surface area (Å²) >= 11 is 5.22. The van der Waals surface area contributed by atoms with E-state index < -0.39 is 0 Å². The summed E-state index contributed by atoms with van der Waals surface area (Å²) < 4.78 is 5.59. The second kappa shape index (κ2) is 20.5. The highest BCUT2D eigenvalue weighted by atomic mass is 32.1. The summed E-state index contributed by atoms with van der Waals surface area (Å²) in [5.41, 5.74) is 5.81. The van der Waals surface area contributed by atoms with Gasteiger partial charge in [0.2, 0.25) is 0 Å². The van der Waals surface area contributed by atoms with Crippen molar-refractivity contribution in [2.75, 3.05) is 13.2 Å². The van der Waals surface area contributed by atoms with E-state index in [1.807, 2.05) is 0 Å². The van der Waals surface area contributed by atoms with Crippen molar-refractivity contribution in [2.24, 2.45) is 0 Å². The zero-order valence-electron chi connectivity index (χ0n) is 21.3. The van der Waals surface area contributed by atoms with Gasteiger partial charge in [-0.05, 0) is 104 Å². The van der Waals surface area contributed by atoms with Gasteiger partial charge in [-0.15, -0.1) is 0 Å². The summed E-state index contributed by atoms with van der Waals surface area (Å²) in [6.07, 6.45) is 22.4. The Balaban J connectivity index is 3.88. The van der Waals surface area contributed by atoms with Crippen LogP contribution >= 0.6 is 12.2 Å². The van der Waals surface area contributed by atoms with E-state index in [0.29, 0.717) is 11.8 Å². The molecule has 0 aliphatic rings. The first-order valence-corrected chi connectivity index (χ1v) is 12.8. The molecule has 0 aromatic heterocycles. The molecule has 0 heterocycles. The Kier molecular flexibility index (Phi) is 19.7. The number of hydrogen-bond donors (Lipinski definition) is 1. The molecule has 31 heavy (non-hydrogen) atoms. The third-order valence-electron chi connectivity index (χ3n) is 5.34. The van der Waals surface area contributed by atoms with Crippen LogP contribution in [0.4, 0.5) is 0 Å². The molecule has 2 nitrogen and oxygen atoms in total. The second-order valence-electron chi connectivity index (χ2n) is 8.99. The van der Waals surface area contributed by atoms with Crippen LogP contribution in [0.3, 0.4) is 0 Å². The highest BCUT2D eigenvalue weighted by molar-refractivity contribution is 7.80. The molecule has 0 saturated carbocycles. The molecule has 0 rings (SSSR count). The van der Waals surface area contributed by atoms with Crippen molar-refractivity contribution in [1.82, 2.24) is 5.32 Å². The smallest absolute Gasteiger partial charge is 0.256 e. The summed E-state index contributed by atoms with van der Waals surface area (Å²) in [6.45, 7) is 14.7. The quantitative estimate of drug-likeness (QED) is 0.136. The minimum atomic E-state index is 0.525. The molecule has 0 bridgehead atoms. The molecule has 0 aromatic carbocycles. The lowest BCUT2D eigenvalue weighted by molar-refractivity contribution is 0.340. The fourth-order valence-corrected chi connectivity index (χ4v) is 3.39. The first-order valence-electron chi connectivity index (χ1n) is 12.4. The SMILES string of the molecule is CCCCCCNC(=S)OCC=C(C)CCC=C(C)CCCC=C(C)CCC=C(C)C. The lowest BCUT2D eigenvalue weighted by atomic mass is 10.0. The second-order valence-corrected chi connectivity index (χ2v) is 9.36. The summed E-state index contributed by atoms with van der Waals surface area (Å²) in [6, 6.07) is 0. The van der Waals surface area contributed by atoms with Gasteiger partial charge in [0.15, 0.2) is 0 Å². The first-order chi connectivity index (χ1) is 14.8. The Bertz CT molecular complexity index is 594. The van der Waals surface area contributed by atoms with Crippen molar-refractivity contribution >= 4 is 17.4 Å². The van der Waals surface area contributed by atoms with E-state index in [1.54, 1.807) is 0 Å². The Morgan fingerprint density at radius 1 is 0.710 bits per heavy atom. The molecule has 0 amide bonds. The molecule has 0 aromatic rings. The Hall–Kier alpha value is -1.35. The van der Waals surface area contributed by atoms with Crippen LogP contribution in [0.15, 0.2) is 46.6 Å². The highest BCUT2D eigenvalue weighted by Gasteiger charge is 1.97. The van der Waals surface area contributed by atoms with Gasteiger partial charge in [0, 0.05) is 6.54 Å². The van der Waals surface area contributed by atoms with Crippen molar-refractivity contribution in [3.05, 3.63) is 46.6 Å². The normalized spacial score (nSPS) is 12.6. The maximum absolute atomic E-state index is 5.59. The summed E-state index contributed by atoms with van der Waals surface area (Å²) in [4.78, 5) is 0. The minimum absolute atomic E-state index is 0.525. The van der Waals surface area contributed by atoms with Crippen LogP contribution in [-0.4, -0.2) is 18.3 Å². The van der Waals surface area contributed by atoms with Gasteiger partial charge < -0.3 is 10.1 Å². The molecule has 178 valence electrons. The van der Waals surface area contributed by atoms with E-state index >= 15 is 0 Å². The van der Waals surface area contributed by atoms with Gasteiger partial charge in [0.25, 0.3) is 5.17 Å². The van der Waals surface area contributed by atoms with E-state index in [-0.39, 0.29) is 0 Å². The summed E-state index contributed by atoms with van der Waals surface area (Å²) in [7, 11) is 0. The lowest BCUT2D eigenvalue weighted by Crippen LogP contribution is -2.25. The molecule has 0 spiro atoms. The fraction of sp³-hybridized carbons (Fsp3) is 0.679. The molecule has 3 heteroatoms. The van der Waals surface area contributed by atoms with Gasteiger partial charge in [0.1, 0.15) is 6.61 Å². The van der Waals surface area contributed by atoms with Crippen molar-refractivity contribution in [3.63, 3.8) is 0 Å². The van der Waals surface area contributed by atoms with Crippen LogP contribution in [0.2, 0.25) is 0 Å². The van der Waals surface area contributed by atoms with Gasteiger partial charge in [-0.3, -0.25) is 0 Å². The zero-order valence-corrected chi connectivity index (χ0v) is 22.1. The van der Waals surface area contributed by atoms with Crippen LogP contribution in [-0.2, 0) is 4.74 Å². The predicted octanol–water partition coefficient (Wildman–Crippen LogP) is 8.99. The minimum Gasteiger partial charge on any atom is -0.467 e. The molecule has 0 fully saturated rings. The average Bonchev–Trinajstić information content (AvgIpc) is 2.71. The largest absolute Gasteiger partial charge is 0.467 e. The standard InChI is InChI=1S/C28H49NOS/c1-7-8-9-12-22-29-28(31)30-23-21-27(6)20-14-19-26(5)17-11-10-16-25(4)18-13-15-24(2)3/h15-16,19,21H,7-14,17-18,20,22-23H2,1-6H3,(H,29,31). The van der Waals surface area contributed by atoms with Crippen molar-refractivity contribution in [1.29, 1.82) is 0 Å². The number of unbranched alkanes of at least 4 members (excludes halogenated alkanes) is 4. The van der Waals surface area contributed by atoms with Gasteiger partial charge >= 0.3 is 0 Å². The summed E-state index contributed by atoms with van der Waals surface area (Å²) in [5, 5.41) is 3.71. The Morgan fingerprint density at radius 2 is 1.32 bits per heavy atom. The number of nitrogens with one attached hydrogen (secondary N) is 1. The van der Waals surface area contributed by atoms with E-state index in [4.69, 9.17) is 17.0 Å².